The quantitative estimate of drug-likeness (QED) is 0.174. The molecule has 0 atom stereocenters. The van der Waals surface area contributed by atoms with Crippen molar-refractivity contribution in [3.8, 4) is 0 Å². The summed E-state index contributed by atoms with van der Waals surface area (Å²) >= 11 is 0. The highest BCUT2D eigenvalue weighted by atomic mass is 127. The molecule has 0 spiro atoms. The van der Waals surface area contributed by atoms with Crippen molar-refractivity contribution in [1.82, 2.24) is 15.5 Å². The van der Waals surface area contributed by atoms with Crippen molar-refractivity contribution >= 4 is 29.9 Å². The van der Waals surface area contributed by atoms with E-state index in [2.05, 4.69) is 27.1 Å². The number of guanidine groups is 1. The standard InChI is InChI=1S/C19H36N4O2.HI/c1-3-10-23-11-5-18(6-12-23)22-19(20-2)21-9-4-13-25-16-17-7-14-24-15-8-17;/h3,17-18H,1,4-16H2,2H3,(H2,20,21,22);1H. The third-order valence-electron chi connectivity index (χ3n) is 4.99. The zero-order valence-corrected chi connectivity index (χ0v) is 18.6. The number of aliphatic imine (C=N–C) groups is 1. The Morgan fingerprint density at radius 3 is 2.65 bits per heavy atom. The van der Waals surface area contributed by atoms with Crippen LogP contribution in [-0.2, 0) is 9.47 Å². The first-order chi connectivity index (χ1) is 12.3. The van der Waals surface area contributed by atoms with Gasteiger partial charge >= 0.3 is 0 Å². The van der Waals surface area contributed by atoms with Gasteiger partial charge in [0.1, 0.15) is 0 Å². The largest absolute Gasteiger partial charge is 0.381 e. The highest BCUT2D eigenvalue weighted by Gasteiger charge is 2.19. The van der Waals surface area contributed by atoms with E-state index in [1.54, 1.807) is 0 Å². The molecule has 2 rings (SSSR count). The summed E-state index contributed by atoms with van der Waals surface area (Å²) in [6.07, 6.45) is 7.58. The van der Waals surface area contributed by atoms with E-state index in [-0.39, 0.29) is 24.0 Å². The minimum absolute atomic E-state index is 0. The predicted octanol–water partition coefficient (Wildman–Crippen LogP) is 2.25. The highest BCUT2D eigenvalue weighted by molar-refractivity contribution is 14.0. The number of likely N-dealkylation sites (tertiary alicyclic amines) is 1. The topological polar surface area (TPSA) is 58.1 Å². The van der Waals surface area contributed by atoms with Crippen LogP contribution in [0.3, 0.4) is 0 Å². The average molecular weight is 480 g/mol. The Labute approximate surface area is 176 Å². The summed E-state index contributed by atoms with van der Waals surface area (Å²) in [6.45, 7) is 11.4. The number of rotatable bonds is 9. The molecule has 0 radical (unpaired) electrons. The molecule has 26 heavy (non-hydrogen) atoms. The Balaban J connectivity index is 0.00000338. The van der Waals surface area contributed by atoms with E-state index in [1.165, 1.54) is 0 Å². The van der Waals surface area contributed by atoms with Gasteiger partial charge in [-0.15, -0.1) is 30.6 Å². The fourth-order valence-electron chi connectivity index (χ4n) is 3.37. The van der Waals surface area contributed by atoms with Crippen molar-refractivity contribution in [3.63, 3.8) is 0 Å². The van der Waals surface area contributed by atoms with E-state index in [1.807, 2.05) is 13.1 Å². The second kappa shape index (κ2) is 14.6. The molecular weight excluding hydrogens is 443 g/mol. The molecule has 2 aliphatic rings. The summed E-state index contributed by atoms with van der Waals surface area (Å²) in [5.41, 5.74) is 0. The molecule has 2 fully saturated rings. The Morgan fingerprint density at radius 1 is 1.27 bits per heavy atom. The van der Waals surface area contributed by atoms with Gasteiger partial charge in [0.05, 0.1) is 0 Å². The minimum Gasteiger partial charge on any atom is -0.381 e. The van der Waals surface area contributed by atoms with Crippen molar-refractivity contribution in [2.75, 3.05) is 59.7 Å². The summed E-state index contributed by atoms with van der Waals surface area (Å²) in [6, 6.07) is 0.511. The van der Waals surface area contributed by atoms with Gasteiger partial charge in [0, 0.05) is 65.7 Å². The Morgan fingerprint density at radius 2 is 2.00 bits per heavy atom. The molecule has 0 aromatic rings. The van der Waals surface area contributed by atoms with Gasteiger partial charge < -0.3 is 20.1 Å². The lowest BCUT2D eigenvalue weighted by molar-refractivity contribution is 0.0203. The normalized spacial score (nSPS) is 20.4. The average Bonchev–Trinajstić information content (AvgIpc) is 2.66. The van der Waals surface area contributed by atoms with Gasteiger partial charge in [-0.25, -0.2) is 0 Å². The molecule has 0 aromatic carbocycles. The maximum Gasteiger partial charge on any atom is 0.191 e. The van der Waals surface area contributed by atoms with Crippen molar-refractivity contribution < 1.29 is 9.47 Å². The van der Waals surface area contributed by atoms with Gasteiger partial charge in [-0.1, -0.05) is 6.08 Å². The van der Waals surface area contributed by atoms with Crippen LogP contribution in [0.2, 0.25) is 0 Å². The SMILES string of the molecule is C=CCN1CCC(NC(=NC)NCCCOCC2CCOCC2)CC1.I. The summed E-state index contributed by atoms with van der Waals surface area (Å²) in [5.74, 6) is 1.59. The van der Waals surface area contributed by atoms with Crippen LogP contribution >= 0.6 is 24.0 Å². The molecule has 0 unspecified atom stereocenters. The highest BCUT2D eigenvalue weighted by Crippen LogP contribution is 2.14. The van der Waals surface area contributed by atoms with Crippen molar-refractivity contribution in [2.45, 2.75) is 38.1 Å². The molecule has 0 saturated carbocycles. The maximum absolute atomic E-state index is 5.80. The van der Waals surface area contributed by atoms with Gasteiger partial charge in [0.25, 0.3) is 0 Å². The molecule has 2 saturated heterocycles. The van der Waals surface area contributed by atoms with Crippen molar-refractivity contribution in [1.29, 1.82) is 0 Å². The lowest BCUT2D eigenvalue weighted by Crippen LogP contribution is -2.48. The Kier molecular flexibility index (Phi) is 13.3. The van der Waals surface area contributed by atoms with Crippen LogP contribution in [0.4, 0.5) is 0 Å². The molecule has 0 amide bonds. The van der Waals surface area contributed by atoms with Gasteiger partial charge in [-0.05, 0) is 38.0 Å². The van der Waals surface area contributed by atoms with Crippen LogP contribution in [-0.4, -0.2) is 76.6 Å². The van der Waals surface area contributed by atoms with E-state index in [4.69, 9.17) is 9.47 Å². The van der Waals surface area contributed by atoms with Crippen molar-refractivity contribution in [3.05, 3.63) is 12.7 Å². The molecular formula is C19H37IN4O2. The van der Waals surface area contributed by atoms with Gasteiger partial charge in [0.15, 0.2) is 5.96 Å². The molecule has 0 bridgehead atoms. The molecule has 2 heterocycles. The van der Waals surface area contributed by atoms with Gasteiger partial charge in [-0.2, -0.15) is 0 Å². The third-order valence-corrected chi connectivity index (χ3v) is 4.99. The first-order valence-corrected chi connectivity index (χ1v) is 9.77. The van der Waals surface area contributed by atoms with Crippen LogP contribution < -0.4 is 10.6 Å². The number of ether oxygens (including phenoxy) is 2. The van der Waals surface area contributed by atoms with E-state index in [0.717, 1.165) is 90.7 Å². The van der Waals surface area contributed by atoms with Crippen LogP contribution in [0.25, 0.3) is 0 Å². The number of nitrogens with one attached hydrogen (secondary N) is 2. The molecule has 0 aliphatic carbocycles. The second-order valence-electron chi connectivity index (χ2n) is 6.99. The molecule has 2 N–H and O–H groups in total. The van der Waals surface area contributed by atoms with E-state index in [9.17, 15) is 0 Å². The first-order valence-electron chi connectivity index (χ1n) is 9.77. The molecule has 0 aromatic heterocycles. The number of halogens is 1. The van der Waals surface area contributed by atoms with Gasteiger partial charge in [-0.3, -0.25) is 9.89 Å². The van der Waals surface area contributed by atoms with E-state index < -0.39 is 0 Å². The zero-order chi connectivity index (χ0) is 17.7. The Hall–Kier alpha value is -0.380. The fourth-order valence-corrected chi connectivity index (χ4v) is 3.37. The summed E-state index contributed by atoms with van der Waals surface area (Å²) in [4.78, 5) is 6.78. The van der Waals surface area contributed by atoms with E-state index in [0.29, 0.717) is 12.0 Å². The van der Waals surface area contributed by atoms with Crippen molar-refractivity contribution in [2.24, 2.45) is 10.9 Å². The second-order valence-corrected chi connectivity index (χ2v) is 6.99. The molecule has 152 valence electrons. The minimum atomic E-state index is 0. The zero-order valence-electron chi connectivity index (χ0n) is 16.3. The molecule has 6 nitrogen and oxygen atoms in total. The fraction of sp³-hybridized carbons (Fsp3) is 0.842. The van der Waals surface area contributed by atoms with Gasteiger partial charge in [0.2, 0.25) is 0 Å². The summed E-state index contributed by atoms with van der Waals surface area (Å²) < 4.78 is 11.2. The molecule has 7 heteroatoms. The smallest absolute Gasteiger partial charge is 0.191 e. The van der Waals surface area contributed by atoms with Crippen LogP contribution in [0, 0.1) is 5.92 Å². The number of piperidine rings is 1. The molecule has 2 aliphatic heterocycles. The van der Waals surface area contributed by atoms with Crippen LogP contribution in [0.1, 0.15) is 32.1 Å². The lowest BCUT2D eigenvalue weighted by Gasteiger charge is -2.32. The Bertz CT molecular complexity index is 395. The summed E-state index contributed by atoms with van der Waals surface area (Å²) in [5, 5.41) is 6.94. The number of nitrogens with zero attached hydrogens (tertiary/aromatic N) is 2. The summed E-state index contributed by atoms with van der Waals surface area (Å²) in [7, 11) is 1.84. The number of hydrogen-bond acceptors (Lipinski definition) is 4. The number of hydrogen-bond donors (Lipinski definition) is 2. The predicted molar refractivity (Wildman–Crippen MR) is 119 cm³/mol. The van der Waals surface area contributed by atoms with E-state index >= 15 is 0 Å². The third kappa shape index (κ3) is 9.53. The lowest BCUT2D eigenvalue weighted by atomic mass is 10.0. The first kappa shape index (κ1) is 23.7. The van der Waals surface area contributed by atoms with Crippen LogP contribution in [0.5, 0.6) is 0 Å². The van der Waals surface area contributed by atoms with Crippen LogP contribution in [0.15, 0.2) is 17.6 Å². The monoisotopic (exact) mass is 480 g/mol. The maximum atomic E-state index is 5.80.